The lowest BCUT2D eigenvalue weighted by molar-refractivity contribution is 0.671. The number of rotatable bonds is 4. The topological polar surface area (TPSA) is 42.7 Å². The Kier molecular flexibility index (Phi) is 2.88. The van der Waals surface area contributed by atoms with Crippen molar-refractivity contribution in [1.82, 2.24) is 20.3 Å². The Morgan fingerprint density at radius 1 is 1.33 bits per heavy atom. The maximum Gasteiger partial charge on any atom is 0.0969 e. The molecule has 3 rings (SSSR count). The summed E-state index contributed by atoms with van der Waals surface area (Å²) in [7, 11) is 0. The van der Waals surface area contributed by atoms with Crippen LogP contribution in [0.25, 0.3) is 5.69 Å². The van der Waals surface area contributed by atoms with Gasteiger partial charge in [0.2, 0.25) is 0 Å². The maximum atomic E-state index is 4.21. The quantitative estimate of drug-likeness (QED) is 0.893. The van der Waals surface area contributed by atoms with Gasteiger partial charge in [0, 0.05) is 12.6 Å². The first-order chi connectivity index (χ1) is 8.74. The summed E-state index contributed by atoms with van der Waals surface area (Å²) < 4.78 is 1.87. The van der Waals surface area contributed by atoms with Crippen molar-refractivity contribution < 1.29 is 0 Å². The van der Waals surface area contributed by atoms with E-state index in [1.807, 2.05) is 10.9 Å². The normalized spacial score (nSPS) is 15.0. The lowest BCUT2D eigenvalue weighted by Gasteiger charge is -2.06. The van der Waals surface area contributed by atoms with Crippen LogP contribution in [0.15, 0.2) is 24.4 Å². The van der Waals surface area contributed by atoms with Crippen LogP contribution >= 0.6 is 0 Å². The molecule has 1 heterocycles. The largest absolute Gasteiger partial charge is 0.308 e. The zero-order valence-corrected chi connectivity index (χ0v) is 10.8. The Morgan fingerprint density at radius 3 is 2.94 bits per heavy atom. The first-order valence-corrected chi connectivity index (χ1v) is 6.45. The predicted molar refractivity (Wildman–Crippen MR) is 70.7 cm³/mol. The zero-order chi connectivity index (χ0) is 12.5. The minimum atomic E-state index is 0.704. The van der Waals surface area contributed by atoms with Crippen molar-refractivity contribution in [1.29, 1.82) is 0 Å². The van der Waals surface area contributed by atoms with Gasteiger partial charge in [-0.25, -0.2) is 4.68 Å². The molecule has 1 aromatic heterocycles. The Bertz CT molecular complexity index is 555. The molecule has 0 saturated heterocycles. The molecular weight excluding hydrogens is 224 g/mol. The summed E-state index contributed by atoms with van der Waals surface area (Å²) in [5.41, 5.74) is 4.65. The lowest BCUT2D eigenvalue weighted by Crippen LogP contribution is -2.15. The summed E-state index contributed by atoms with van der Waals surface area (Å²) in [5.74, 6) is 0. The second-order valence-electron chi connectivity index (χ2n) is 5.03. The van der Waals surface area contributed by atoms with Crippen molar-refractivity contribution in [3.8, 4) is 5.69 Å². The van der Waals surface area contributed by atoms with Crippen molar-refractivity contribution in [3.05, 3.63) is 41.2 Å². The third kappa shape index (κ3) is 2.29. The van der Waals surface area contributed by atoms with Gasteiger partial charge in [-0.2, -0.15) is 0 Å². The molecule has 0 atom stereocenters. The van der Waals surface area contributed by atoms with Gasteiger partial charge >= 0.3 is 0 Å². The smallest absolute Gasteiger partial charge is 0.0969 e. The number of hydrogen-bond acceptors (Lipinski definition) is 3. The second-order valence-corrected chi connectivity index (χ2v) is 5.03. The van der Waals surface area contributed by atoms with E-state index in [0.717, 1.165) is 17.9 Å². The Hall–Kier alpha value is -1.68. The van der Waals surface area contributed by atoms with Crippen molar-refractivity contribution in [2.45, 2.75) is 39.3 Å². The molecule has 1 aromatic carbocycles. The van der Waals surface area contributed by atoms with E-state index in [4.69, 9.17) is 0 Å². The highest BCUT2D eigenvalue weighted by Gasteiger charge is 2.20. The van der Waals surface area contributed by atoms with Crippen LogP contribution in [0, 0.1) is 13.8 Å². The molecule has 0 radical (unpaired) electrons. The van der Waals surface area contributed by atoms with Gasteiger partial charge in [-0.05, 0) is 43.9 Å². The van der Waals surface area contributed by atoms with Crippen LogP contribution in [0.4, 0.5) is 0 Å². The molecule has 0 spiro atoms. The molecule has 2 aromatic rings. The first kappa shape index (κ1) is 11.4. The van der Waals surface area contributed by atoms with Crippen molar-refractivity contribution in [2.24, 2.45) is 0 Å². The molecule has 0 amide bonds. The molecule has 18 heavy (non-hydrogen) atoms. The van der Waals surface area contributed by atoms with Gasteiger partial charge in [0.05, 0.1) is 17.6 Å². The Labute approximate surface area is 107 Å². The first-order valence-electron chi connectivity index (χ1n) is 6.45. The molecular formula is C14H18N4. The molecule has 1 saturated carbocycles. The molecule has 1 aliphatic rings. The number of hydrogen-bond donors (Lipinski definition) is 1. The van der Waals surface area contributed by atoms with E-state index < -0.39 is 0 Å². The number of aromatic nitrogens is 3. The van der Waals surface area contributed by atoms with Crippen molar-refractivity contribution >= 4 is 0 Å². The van der Waals surface area contributed by atoms with Gasteiger partial charge in [0.15, 0.2) is 0 Å². The SMILES string of the molecule is Cc1cccc(-n2cc(CNC3CC3)nn2)c1C. The van der Waals surface area contributed by atoms with Crippen LogP contribution in [0.1, 0.15) is 29.7 Å². The van der Waals surface area contributed by atoms with Gasteiger partial charge in [-0.15, -0.1) is 5.10 Å². The monoisotopic (exact) mass is 242 g/mol. The van der Waals surface area contributed by atoms with Gasteiger partial charge in [0.25, 0.3) is 0 Å². The highest BCUT2D eigenvalue weighted by Crippen LogP contribution is 2.19. The summed E-state index contributed by atoms with van der Waals surface area (Å²) in [6, 6.07) is 6.96. The van der Waals surface area contributed by atoms with Crippen molar-refractivity contribution in [3.63, 3.8) is 0 Å². The fraction of sp³-hybridized carbons (Fsp3) is 0.429. The standard InChI is InChI=1S/C14H18N4/c1-10-4-3-5-14(11(10)2)18-9-13(16-17-18)8-15-12-6-7-12/h3-5,9,12,15H,6-8H2,1-2H3. The molecule has 0 aliphatic heterocycles. The number of benzene rings is 1. The Balaban J connectivity index is 1.80. The van der Waals surface area contributed by atoms with E-state index in [1.54, 1.807) is 0 Å². The van der Waals surface area contributed by atoms with E-state index in [-0.39, 0.29) is 0 Å². The van der Waals surface area contributed by atoms with E-state index in [1.165, 1.54) is 24.0 Å². The van der Waals surface area contributed by atoms with Crippen molar-refractivity contribution in [2.75, 3.05) is 0 Å². The molecule has 0 bridgehead atoms. The predicted octanol–water partition coefficient (Wildman–Crippen LogP) is 2.14. The van der Waals surface area contributed by atoms with E-state index in [2.05, 4.69) is 47.7 Å². The average molecular weight is 242 g/mol. The summed E-state index contributed by atoms with van der Waals surface area (Å²) in [4.78, 5) is 0. The third-order valence-corrected chi connectivity index (χ3v) is 3.51. The number of nitrogens with zero attached hydrogens (tertiary/aromatic N) is 3. The third-order valence-electron chi connectivity index (χ3n) is 3.51. The molecule has 4 heteroatoms. The molecule has 1 N–H and O–H groups in total. The second kappa shape index (κ2) is 4.53. The van der Waals surface area contributed by atoms with Gasteiger partial charge in [-0.3, -0.25) is 0 Å². The summed E-state index contributed by atoms with van der Waals surface area (Å²) in [5, 5.41) is 11.9. The van der Waals surface area contributed by atoms with Gasteiger partial charge in [-0.1, -0.05) is 17.3 Å². The summed E-state index contributed by atoms with van der Waals surface area (Å²) >= 11 is 0. The van der Waals surface area contributed by atoms with Gasteiger partial charge in [0.1, 0.15) is 0 Å². The minimum Gasteiger partial charge on any atom is -0.308 e. The lowest BCUT2D eigenvalue weighted by atomic mass is 10.1. The van der Waals surface area contributed by atoms with E-state index in [0.29, 0.717) is 6.04 Å². The van der Waals surface area contributed by atoms with Crippen LogP contribution in [-0.2, 0) is 6.54 Å². The van der Waals surface area contributed by atoms with Crippen LogP contribution in [0.2, 0.25) is 0 Å². The van der Waals surface area contributed by atoms with Gasteiger partial charge < -0.3 is 5.32 Å². The van der Waals surface area contributed by atoms with Crippen LogP contribution in [0.5, 0.6) is 0 Å². The number of aryl methyl sites for hydroxylation is 1. The highest BCUT2D eigenvalue weighted by molar-refractivity contribution is 5.43. The van der Waals surface area contributed by atoms with Crippen LogP contribution in [0.3, 0.4) is 0 Å². The number of nitrogens with one attached hydrogen (secondary N) is 1. The molecule has 0 unspecified atom stereocenters. The van der Waals surface area contributed by atoms with E-state index >= 15 is 0 Å². The maximum absolute atomic E-state index is 4.21. The highest BCUT2D eigenvalue weighted by atomic mass is 15.4. The molecule has 94 valence electrons. The van der Waals surface area contributed by atoms with Crippen LogP contribution in [-0.4, -0.2) is 21.0 Å². The summed E-state index contributed by atoms with van der Waals surface area (Å²) in [6.07, 6.45) is 4.60. The zero-order valence-electron chi connectivity index (χ0n) is 10.8. The minimum absolute atomic E-state index is 0.704. The summed E-state index contributed by atoms with van der Waals surface area (Å²) in [6.45, 7) is 5.05. The molecule has 1 aliphatic carbocycles. The fourth-order valence-corrected chi connectivity index (χ4v) is 2.02. The molecule has 4 nitrogen and oxygen atoms in total. The molecule has 1 fully saturated rings. The Morgan fingerprint density at radius 2 is 2.17 bits per heavy atom. The van der Waals surface area contributed by atoms with E-state index in [9.17, 15) is 0 Å². The fourth-order valence-electron chi connectivity index (χ4n) is 2.02. The van der Waals surface area contributed by atoms with Crippen LogP contribution < -0.4 is 5.32 Å². The average Bonchev–Trinajstić information content (AvgIpc) is 3.08.